The molecule has 0 unspecified atom stereocenters. The Morgan fingerprint density at radius 3 is 2.05 bits per heavy atom. The van der Waals surface area contributed by atoms with Crippen molar-refractivity contribution in [2.75, 3.05) is 5.75 Å². The molecule has 0 aliphatic carbocycles. The molecule has 0 atom stereocenters. The fraction of sp³-hybridized carbons (Fsp3) is 0.0714. The van der Waals surface area contributed by atoms with Crippen molar-refractivity contribution in [1.29, 1.82) is 0 Å². The third-order valence-corrected chi connectivity index (χ3v) is 4.31. The summed E-state index contributed by atoms with van der Waals surface area (Å²) >= 11 is 0. The molecular weight excluding hydrogens is 286 g/mol. The summed E-state index contributed by atoms with van der Waals surface area (Å²) in [5, 5.41) is 0. The first kappa shape index (κ1) is 14.3. The molecule has 0 fully saturated rings. The first-order valence-electron chi connectivity index (χ1n) is 5.67. The highest BCUT2D eigenvalue weighted by Crippen LogP contribution is 2.17. The van der Waals surface area contributed by atoms with Crippen molar-refractivity contribution in [1.82, 2.24) is 0 Å². The molecule has 2 aromatic rings. The fourth-order valence-corrected chi connectivity index (χ4v) is 3.02. The number of carbonyl (C=O) groups is 1. The van der Waals surface area contributed by atoms with Gasteiger partial charge in [-0.1, -0.05) is 24.3 Å². The van der Waals surface area contributed by atoms with Gasteiger partial charge in [-0.05, 0) is 24.3 Å². The van der Waals surface area contributed by atoms with E-state index in [2.05, 4.69) is 0 Å². The van der Waals surface area contributed by atoms with E-state index in [1.165, 1.54) is 30.3 Å². The zero-order chi connectivity index (χ0) is 14.8. The third kappa shape index (κ3) is 2.91. The third-order valence-electron chi connectivity index (χ3n) is 2.67. The van der Waals surface area contributed by atoms with Crippen LogP contribution in [-0.4, -0.2) is 20.0 Å². The molecule has 6 heteroatoms. The zero-order valence-electron chi connectivity index (χ0n) is 10.2. The van der Waals surface area contributed by atoms with Gasteiger partial charge in [-0.3, -0.25) is 4.79 Å². The smallest absolute Gasteiger partial charge is 0.188 e. The van der Waals surface area contributed by atoms with Gasteiger partial charge < -0.3 is 0 Å². The monoisotopic (exact) mass is 296 g/mol. The number of sulfone groups is 1. The Morgan fingerprint density at radius 1 is 0.900 bits per heavy atom. The molecule has 0 N–H and O–H groups in total. The first-order valence-corrected chi connectivity index (χ1v) is 7.32. The van der Waals surface area contributed by atoms with Crippen LogP contribution in [0.1, 0.15) is 10.4 Å². The van der Waals surface area contributed by atoms with Gasteiger partial charge in [0, 0.05) is 0 Å². The Kier molecular flexibility index (Phi) is 3.94. The van der Waals surface area contributed by atoms with Crippen molar-refractivity contribution in [3.63, 3.8) is 0 Å². The van der Waals surface area contributed by atoms with Crippen molar-refractivity contribution in [2.45, 2.75) is 4.90 Å². The van der Waals surface area contributed by atoms with Gasteiger partial charge in [-0.25, -0.2) is 17.2 Å². The van der Waals surface area contributed by atoms with Crippen LogP contribution in [-0.2, 0) is 9.84 Å². The number of benzene rings is 2. The Balaban J connectivity index is 2.33. The molecule has 2 aromatic carbocycles. The second kappa shape index (κ2) is 5.50. The minimum absolute atomic E-state index is 0.326. The van der Waals surface area contributed by atoms with Gasteiger partial charge in [0.05, 0.1) is 5.56 Å². The number of hydrogen-bond donors (Lipinski definition) is 0. The van der Waals surface area contributed by atoms with E-state index in [0.29, 0.717) is 0 Å². The fourth-order valence-electron chi connectivity index (χ4n) is 1.71. The largest absolute Gasteiger partial charge is 0.293 e. The number of rotatable bonds is 4. The number of hydrogen-bond acceptors (Lipinski definition) is 3. The van der Waals surface area contributed by atoms with Crippen LogP contribution >= 0.6 is 0 Å². The molecule has 0 aliphatic heterocycles. The van der Waals surface area contributed by atoms with Gasteiger partial charge in [0.15, 0.2) is 15.6 Å². The van der Waals surface area contributed by atoms with Crippen LogP contribution < -0.4 is 0 Å². The highest BCUT2D eigenvalue weighted by atomic mass is 32.2. The van der Waals surface area contributed by atoms with Crippen molar-refractivity contribution < 1.29 is 22.0 Å². The highest BCUT2D eigenvalue weighted by Gasteiger charge is 2.24. The normalized spacial score (nSPS) is 11.3. The summed E-state index contributed by atoms with van der Waals surface area (Å²) in [6, 6.07) is 9.80. The Hall–Kier alpha value is -2.08. The van der Waals surface area contributed by atoms with Crippen LogP contribution in [0.2, 0.25) is 0 Å². The van der Waals surface area contributed by atoms with Crippen molar-refractivity contribution in [3.8, 4) is 0 Å². The highest BCUT2D eigenvalue weighted by molar-refractivity contribution is 7.92. The van der Waals surface area contributed by atoms with Crippen LogP contribution in [0.15, 0.2) is 53.4 Å². The second-order valence-electron chi connectivity index (χ2n) is 4.09. The first-order chi connectivity index (χ1) is 9.42. The lowest BCUT2D eigenvalue weighted by atomic mass is 10.1. The lowest BCUT2D eigenvalue weighted by Gasteiger charge is -2.05. The quantitative estimate of drug-likeness (QED) is 0.815. The minimum Gasteiger partial charge on any atom is -0.293 e. The van der Waals surface area contributed by atoms with E-state index in [-0.39, 0.29) is 5.56 Å². The van der Waals surface area contributed by atoms with E-state index in [1.807, 2.05) is 0 Å². The van der Waals surface area contributed by atoms with Crippen LogP contribution in [0.25, 0.3) is 0 Å². The van der Waals surface area contributed by atoms with Crippen LogP contribution in [0, 0.1) is 11.6 Å². The maximum atomic E-state index is 13.5. The summed E-state index contributed by atoms with van der Waals surface area (Å²) in [4.78, 5) is 11.3. The summed E-state index contributed by atoms with van der Waals surface area (Å²) in [5.41, 5.74) is -0.326. The number of halogens is 2. The van der Waals surface area contributed by atoms with Crippen molar-refractivity contribution >= 4 is 15.6 Å². The Morgan fingerprint density at radius 2 is 1.45 bits per heavy atom. The predicted molar refractivity (Wildman–Crippen MR) is 69.2 cm³/mol. The standard InChI is InChI=1S/C14H10F2O3S/c15-11-6-2-1-5-10(11)13(17)9-20(18,19)14-8-4-3-7-12(14)16/h1-8H,9H2. The topological polar surface area (TPSA) is 51.2 Å². The molecule has 0 spiro atoms. The van der Waals surface area contributed by atoms with Crippen molar-refractivity contribution in [2.24, 2.45) is 0 Å². The summed E-state index contributed by atoms with van der Waals surface area (Å²) in [6.07, 6.45) is 0. The van der Waals surface area contributed by atoms with E-state index in [9.17, 15) is 22.0 Å². The zero-order valence-corrected chi connectivity index (χ0v) is 11.0. The molecule has 3 nitrogen and oxygen atoms in total. The van der Waals surface area contributed by atoms with E-state index < -0.39 is 37.9 Å². The molecule has 0 bridgehead atoms. The summed E-state index contributed by atoms with van der Waals surface area (Å²) in [5.74, 6) is -3.63. The molecule has 0 aromatic heterocycles. The van der Waals surface area contributed by atoms with Gasteiger partial charge in [0.2, 0.25) is 0 Å². The molecule has 0 radical (unpaired) electrons. The molecule has 0 saturated carbocycles. The van der Waals surface area contributed by atoms with Crippen LogP contribution in [0.3, 0.4) is 0 Å². The van der Waals surface area contributed by atoms with Crippen LogP contribution in [0.5, 0.6) is 0 Å². The van der Waals surface area contributed by atoms with Crippen molar-refractivity contribution in [3.05, 3.63) is 65.7 Å². The van der Waals surface area contributed by atoms with E-state index in [1.54, 1.807) is 0 Å². The molecule has 0 amide bonds. The number of ketones is 1. The van der Waals surface area contributed by atoms with E-state index >= 15 is 0 Å². The number of carbonyl (C=O) groups excluding carboxylic acids is 1. The Bertz CT molecular complexity index is 755. The van der Waals surface area contributed by atoms with Gasteiger partial charge >= 0.3 is 0 Å². The molecule has 0 aliphatic rings. The average molecular weight is 296 g/mol. The summed E-state index contributed by atoms with van der Waals surface area (Å²) in [7, 11) is -4.15. The maximum absolute atomic E-state index is 13.5. The van der Waals surface area contributed by atoms with Crippen LogP contribution in [0.4, 0.5) is 8.78 Å². The molecule has 104 valence electrons. The molecular formula is C14H10F2O3S. The van der Waals surface area contributed by atoms with E-state index in [0.717, 1.165) is 18.2 Å². The molecule has 0 saturated heterocycles. The predicted octanol–water partition coefficient (Wildman–Crippen LogP) is 2.62. The SMILES string of the molecule is O=C(CS(=O)(=O)c1ccccc1F)c1ccccc1F. The average Bonchev–Trinajstić information content (AvgIpc) is 2.38. The number of Topliss-reactive ketones (excluding diaryl/α,β-unsaturated/α-hetero) is 1. The lowest BCUT2D eigenvalue weighted by Crippen LogP contribution is -2.18. The lowest BCUT2D eigenvalue weighted by molar-refractivity contribution is 0.101. The summed E-state index contributed by atoms with van der Waals surface area (Å²) in [6.45, 7) is 0. The van der Waals surface area contributed by atoms with Gasteiger partial charge in [0.1, 0.15) is 22.3 Å². The van der Waals surface area contributed by atoms with E-state index in [4.69, 9.17) is 0 Å². The maximum Gasteiger partial charge on any atom is 0.188 e. The van der Waals surface area contributed by atoms with Gasteiger partial charge in [-0.2, -0.15) is 0 Å². The second-order valence-corrected chi connectivity index (χ2v) is 6.05. The molecule has 20 heavy (non-hydrogen) atoms. The van der Waals surface area contributed by atoms with Gasteiger partial charge in [-0.15, -0.1) is 0 Å². The summed E-state index contributed by atoms with van der Waals surface area (Å²) < 4.78 is 50.8. The molecule has 2 rings (SSSR count). The molecule has 0 heterocycles. The minimum atomic E-state index is -4.15. The Labute approximate surface area is 114 Å². The van der Waals surface area contributed by atoms with Gasteiger partial charge in [0.25, 0.3) is 0 Å².